The molecule has 0 unspecified atom stereocenters. The molecule has 3 aliphatic rings. The molecule has 3 atom stereocenters. The molecule has 0 aliphatic heterocycles. The number of imidazole rings is 1. The Morgan fingerprint density at radius 3 is 2.84 bits per heavy atom. The number of aliphatic hydroxyl groups is 1. The van der Waals surface area contributed by atoms with Crippen LogP contribution in [0.2, 0.25) is 0 Å². The summed E-state index contributed by atoms with van der Waals surface area (Å²) in [5, 5.41) is 11.5. The molecule has 6 rings (SSSR count). The van der Waals surface area contributed by atoms with Crippen LogP contribution in [0.4, 0.5) is 0 Å². The summed E-state index contributed by atoms with van der Waals surface area (Å²) in [5.74, 6) is 1.78. The third-order valence-electron chi connectivity index (χ3n) is 7.25. The Morgan fingerprint density at radius 1 is 1.16 bits per heavy atom. The highest BCUT2D eigenvalue weighted by Gasteiger charge is 2.46. The van der Waals surface area contributed by atoms with Gasteiger partial charge in [0.1, 0.15) is 5.82 Å². The monoisotopic (exact) mass is 416 g/mol. The van der Waals surface area contributed by atoms with E-state index in [2.05, 4.69) is 45.1 Å². The van der Waals surface area contributed by atoms with E-state index in [4.69, 9.17) is 0 Å². The molecule has 1 fully saturated rings. The Bertz CT molecular complexity index is 1030. The minimum Gasteiger partial charge on any atom is -0.389 e. The molecule has 2 bridgehead atoms. The van der Waals surface area contributed by atoms with Gasteiger partial charge < -0.3 is 15.0 Å². The first-order valence-electron chi connectivity index (χ1n) is 11.6. The average Bonchev–Trinajstić information content (AvgIpc) is 3.21. The number of pyridine rings is 1. The number of fused-ring (bicyclic) bond motifs is 3. The molecule has 31 heavy (non-hydrogen) atoms. The number of nitrogens with zero attached hydrogens (tertiary/aromatic N) is 3. The number of para-hydroxylation sites is 2. The number of hydrogen-bond acceptors (Lipinski definition) is 4. The quantitative estimate of drug-likeness (QED) is 0.569. The van der Waals surface area contributed by atoms with E-state index in [1.807, 2.05) is 36.7 Å². The van der Waals surface area contributed by atoms with Crippen LogP contribution in [-0.4, -0.2) is 50.7 Å². The van der Waals surface area contributed by atoms with Gasteiger partial charge in [0, 0.05) is 31.3 Å². The summed E-state index contributed by atoms with van der Waals surface area (Å²) in [6.07, 6.45) is 12.1. The lowest BCUT2D eigenvalue weighted by atomic mass is 9.61. The SMILES string of the molecule is CN(CCCc1nc2ccccc2[nH]1)CC[C@@]1(O)C[C@@H]2CC[C@H]1C=C2c1cccnc1. The normalized spacial score (nSPS) is 25.3. The van der Waals surface area contributed by atoms with E-state index in [-0.39, 0.29) is 5.92 Å². The maximum Gasteiger partial charge on any atom is 0.107 e. The van der Waals surface area contributed by atoms with Crippen LogP contribution in [0.15, 0.2) is 54.9 Å². The van der Waals surface area contributed by atoms with E-state index < -0.39 is 5.60 Å². The number of H-pyrrole nitrogens is 1. The molecule has 1 aromatic carbocycles. The van der Waals surface area contributed by atoms with Crippen molar-refractivity contribution in [2.75, 3.05) is 20.1 Å². The first kappa shape index (κ1) is 20.4. The van der Waals surface area contributed by atoms with Crippen LogP contribution < -0.4 is 0 Å². The van der Waals surface area contributed by atoms with Crippen molar-refractivity contribution in [2.24, 2.45) is 11.8 Å². The van der Waals surface area contributed by atoms with Crippen LogP contribution >= 0.6 is 0 Å². The molecule has 0 saturated heterocycles. The number of aromatic amines is 1. The molecule has 0 spiro atoms. The minimum absolute atomic E-state index is 0.261. The summed E-state index contributed by atoms with van der Waals surface area (Å²) < 4.78 is 0. The van der Waals surface area contributed by atoms with Crippen molar-refractivity contribution in [2.45, 2.75) is 44.1 Å². The summed E-state index contributed by atoms with van der Waals surface area (Å²) in [6, 6.07) is 12.3. The van der Waals surface area contributed by atoms with Crippen LogP contribution in [-0.2, 0) is 6.42 Å². The topological polar surface area (TPSA) is 65.0 Å². The fourth-order valence-electron chi connectivity index (χ4n) is 5.48. The fraction of sp³-hybridized carbons (Fsp3) is 0.462. The van der Waals surface area contributed by atoms with Crippen molar-refractivity contribution in [3.8, 4) is 0 Å². The second-order valence-electron chi connectivity index (χ2n) is 9.41. The predicted molar refractivity (Wildman–Crippen MR) is 125 cm³/mol. The lowest BCUT2D eigenvalue weighted by molar-refractivity contribution is -0.0574. The van der Waals surface area contributed by atoms with Gasteiger partial charge >= 0.3 is 0 Å². The number of nitrogens with one attached hydrogen (secondary N) is 1. The molecule has 2 N–H and O–H groups in total. The Morgan fingerprint density at radius 2 is 2.06 bits per heavy atom. The van der Waals surface area contributed by atoms with E-state index in [0.29, 0.717) is 5.92 Å². The summed E-state index contributed by atoms with van der Waals surface area (Å²) >= 11 is 0. The van der Waals surface area contributed by atoms with Gasteiger partial charge in [-0.15, -0.1) is 0 Å². The maximum atomic E-state index is 11.5. The Hall–Kier alpha value is -2.50. The van der Waals surface area contributed by atoms with Gasteiger partial charge in [-0.3, -0.25) is 4.98 Å². The van der Waals surface area contributed by atoms with Crippen LogP contribution in [0, 0.1) is 11.8 Å². The van der Waals surface area contributed by atoms with Crippen LogP contribution in [0.5, 0.6) is 0 Å². The van der Waals surface area contributed by atoms with E-state index in [0.717, 1.165) is 62.1 Å². The van der Waals surface area contributed by atoms with E-state index in [1.54, 1.807) is 0 Å². The molecule has 1 saturated carbocycles. The molecule has 162 valence electrons. The van der Waals surface area contributed by atoms with Gasteiger partial charge in [-0.25, -0.2) is 4.98 Å². The van der Waals surface area contributed by atoms with Gasteiger partial charge in [0.25, 0.3) is 0 Å². The van der Waals surface area contributed by atoms with Crippen molar-refractivity contribution in [3.05, 3.63) is 66.3 Å². The van der Waals surface area contributed by atoms with Gasteiger partial charge in [0.15, 0.2) is 0 Å². The zero-order chi connectivity index (χ0) is 21.3. The van der Waals surface area contributed by atoms with Crippen molar-refractivity contribution in [1.29, 1.82) is 0 Å². The second-order valence-corrected chi connectivity index (χ2v) is 9.41. The number of hydrogen-bond donors (Lipinski definition) is 2. The van der Waals surface area contributed by atoms with Crippen molar-refractivity contribution in [3.63, 3.8) is 0 Å². The largest absolute Gasteiger partial charge is 0.389 e. The molecular formula is C26H32N4O. The molecule has 2 heterocycles. The molecule has 2 aromatic heterocycles. The van der Waals surface area contributed by atoms with E-state index in [1.165, 1.54) is 17.6 Å². The zero-order valence-electron chi connectivity index (χ0n) is 18.3. The third kappa shape index (κ3) is 4.30. The first-order valence-corrected chi connectivity index (χ1v) is 11.6. The Labute approximate surface area is 184 Å². The smallest absolute Gasteiger partial charge is 0.107 e. The van der Waals surface area contributed by atoms with Gasteiger partial charge in [0.05, 0.1) is 16.6 Å². The highest BCUT2D eigenvalue weighted by atomic mass is 16.3. The number of rotatable bonds is 8. The van der Waals surface area contributed by atoms with E-state index in [9.17, 15) is 5.11 Å². The van der Waals surface area contributed by atoms with Gasteiger partial charge in [-0.1, -0.05) is 24.3 Å². The highest BCUT2D eigenvalue weighted by Crippen LogP contribution is 2.50. The van der Waals surface area contributed by atoms with Gasteiger partial charge in [-0.05, 0) is 81.0 Å². The first-order chi connectivity index (χ1) is 15.1. The molecule has 3 aromatic rings. The lowest BCUT2D eigenvalue weighted by Gasteiger charge is -2.48. The Balaban J connectivity index is 1.13. The number of aromatic nitrogens is 3. The summed E-state index contributed by atoms with van der Waals surface area (Å²) in [4.78, 5) is 14.7. The second kappa shape index (κ2) is 8.56. The third-order valence-corrected chi connectivity index (χ3v) is 7.25. The average molecular weight is 417 g/mol. The molecular weight excluding hydrogens is 384 g/mol. The standard InChI is InChI=1S/C26H32N4O/c1-30(14-5-9-25-28-23-7-2-3-8-24(23)29-25)15-12-26(31)17-19-10-11-21(26)16-22(19)20-6-4-13-27-18-20/h2-4,6-8,13,16,18-19,21,31H,5,9-12,14-15,17H2,1H3,(H,28,29)/t19-,21-,26+/m0/s1. The number of allylic oxidation sites excluding steroid dienone is 1. The van der Waals surface area contributed by atoms with Crippen molar-refractivity contribution >= 4 is 16.6 Å². The predicted octanol–water partition coefficient (Wildman–Crippen LogP) is 4.46. The number of aryl methyl sites for hydroxylation is 1. The minimum atomic E-state index is -0.568. The molecule has 0 radical (unpaired) electrons. The fourth-order valence-corrected chi connectivity index (χ4v) is 5.48. The highest BCUT2D eigenvalue weighted by molar-refractivity contribution is 5.74. The van der Waals surface area contributed by atoms with Gasteiger partial charge in [-0.2, -0.15) is 0 Å². The molecule has 5 nitrogen and oxygen atoms in total. The zero-order valence-corrected chi connectivity index (χ0v) is 18.3. The van der Waals surface area contributed by atoms with Crippen molar-refractivity contribution in [1.82, 2.24) is 19.9 Å². The summed E-state index contributed by atoms with van der Waals surface area (Å²) in [5.41, 5.74) is 4.20. The number of benzene rings is 1. The summed E-state index contributed by atoms with van der Waals surface area (Å²) in [6.45, 7) is 1.94. The summed E-state index contributed by atoms with van der Waals surface area (Å²) in [7, 11) is 2.17. The van der Waals surface area contributed by atoms with Gasteiger partial charge in [0.2, 0.25) is 0 Å². The van der Waals surface area contributed by atoms with E-state index >= 15 is 0 Å². The van der Waals surface area contributed by atoms with Crippen molar-refractivity contribution < 1.29 is 5.11 Å². The Kier molecular flexibility index (Phi) is 5.63. The van der Waals surface area contributed by atoms with Crippen LogP contribution in [0.1, 0.15) is 43.5 Å². The molecule has 0 amide bonds. The molecule has 3 aliphatic carbocycles. The molecule has 5 heteroatoms. The maximum absolute atomic E-state index is 11.5. The lowest BCUT2D eigenvalue weighted by Crippen LogP contribution is -2.48. The van der Waals surface area contributed by atoms with Crippen LogP contribution in [0.3, 0.4) is 0 Å². The van der Waals surface area contributed by atoms with Crippen LogP contribution in [0.25, 0.3) is 16.6 Å².